The van der Waals surface area contributed by atoms with Gasteiger partial charge in [-0.1, -0.05) is 32.9 Å². The number of benzene rings is 1. The van der Waals surface area contributed by atoms with Crippen LogP contribution < -0.4 is 10.9 Å². The molecule has 0 spiro atoms. The van der Waals surface area contributed by atoms with Crippen molar-refractivity contribution in [1.29, 1.82) is 0 Å². The summed E-state index contributed by atoms with van der Waals surface area (Å²) in [7, 11) is 0. The molecule has 2 aromatic heterocycles. The fraction of sp³-hybridized carbons (Fsp3) is 0.500. The third-order valence-electron chi connectivity index (χ3n) is 5.76. The molecular formula is C22H29N5O2. The van der Waals surface area contributed by atoms with Crippen LogP contribution >= 0.6 is 0 Å². The summed E-state index contributed by atoms with van der Waals surface area (Å²) in [5.74, 6) is 0.104. The smallest absolute Gasteiger partial charge is 0.277 e. The summed E-state index contributed by atoms with van der Waals surface area (Å²) in [6.07, 6.45) is 2.27. The van der Waals surface area contributed by atoms with Gasteiger partial charge >= 0.3 is 0 Å². The molecule has 29 heavy (non-hydrogen) atoms. The molecule has 3 heterocycles. The lowest BCUT2D eigenvalue weighted by molar-refractivity contribution is 0.0936. The van der Waals surface area contributed by atoms with Gasteiger partial charge in [0.15, 0.2) is 5.69 Å². The van der Waals surface area contributed by atoms with Crippen LogP contribution in [0.3, 0.4) is 0 Å². The average molecular weight is 396 g/mol. The van der Waals surface area contributed by atoms with Crippen LogP contribution in [-0.2, 0) is 6.54 Å². The second-order valence-electron chi connectivity index (χ2n) is 8.26. The Morgan fingerprint density at radius 3 is 2.72 bits per heavy atom. The van der Waals surface area contributed by atoms with Gasteiger partial charge in [-0.15, -0.1) is 0 Å². The van der Waals surface area contributed by atoms with E-state index in [0.717, 1.165) is 30.5 Å². The Hall–Kier alpha value is -2.67. The molecule has 0 unspecified atom stereocenters. The summed E-state index contributed by atoms with van der Waals surface area (Å²) in [5, 5.41) is 7.50. The van der Waals surface area contributed by atoms with E-state index in [1.165, 1.54) is 6.42 Å². The number of nitrogens with zero attached hydrogens (tertiary/aromatic N) is 4. The zero-order chi connectivity index (χ0) is 20.5. The number of hydrogen-bond acceptors (Lipinski definition) is 4. The predicted octanol–water partition coefficient (Wildman–Crippen LogP) is 2.52. The first-order valence-electron chi connectivity index (χ1n) is 10.5. The second kappa shape index (κ2) is 7.99. The number of carbonyl (C=O) groups is 1. The molecule has 1 saturated heterocycles. The van der Waals surface area contributed by atoms with Gasteiger partial charge in [0.05, 0.1) is 11.0 Å². The van der Waals surface area contributed by atoms with Crippen LogP contribution in [0.5, 0.6) is 0 Å². The molecule has 1 aromatic carbocycles. The summed E-state index contributed by atoms with van der Waals surface area (Å²) < 4.78 is 3.40. The number of likely N-dealkylation sites (N-methyl/N-ethyl adjacent to an activating group) is 1. The number of carbonyl (C=O) groups excluding carboxylic acids is 1. The predicted molar refractivity (Wildman–Crippen MR) is 114 cm³/mol. The number of nitrogens with one attached hydrogen (secondary N) is 1. The van der Waals surface area contributed by atoms with Gasteiger partial charge in [0, 0.05) is 25.2 Å². The molecule has 7 heteroatoms. The fourth-order valence-electron chi connectivity index (χ4n) is 4.34. The van der Waals surface area contributed by atoms with Gasteiger partial charge in [-0.25, -0.2) is 4.52 Å². The van der Waals surface area contributed by atoms with Crippen molar-refractivity contribution in [2.45, 2.75) is 46.2 Å². The molecule has 0 aliphatic carbocycles. The first-order chi connectivity index (χ1) is 14.0. The zero-order valence-corrected chi connectivity index (χ0v) is 17.4. The van der Waals surface area contributed by atoms with Crippen molar-refractivity contribution in [3.8, 4) is 0 Å². The third-order valence-corrected chi connectivity index (χ3v) is 5.76. The minimum absolute atomic E-state index is 0.114. The van der Waals surface area contributed by atoms with Crippen LogP contribution in [0, 0.1) is 5.92 Å². The van der Waals surface area contributed by atoms with Crippen molar-refractivity contribution < 1.29 is 4.79 Å². The molecule has 4 rings (SSSR count). The quantitative estimate of drug-likeness (QED) is 0.696. The zero-order valence-electron chi connectivity index (χ0n) is 17.4. The maximum Gasteiger partial charge on any atom is 0.277 e. The van der Waals surface area contributed by atoms with E-state index in [0.29, 0.717) is 30.6 Å². The number of amides is 1. The number of fused-ring (bicyclic) bond motifs is 3. The van der Waals surface area contributed by atoms with E-state index in [-0.39, 0.29) is 17.2 Å². The van der Waals surface area contributed by atoms with Crippen LogP contribution in [-0.4, -0.2) is 50.7 Å². The summed E-state index contributed by atoms with van der Waals surface area (Å²) in [6.45, 7) is 9.64. The molecule has 0 bridgehead atoms. The van der Waals surface area contributed by atoms with Crippen molar-refractivity contribution >= 4 is 22.5 Å². The Morgan fingerprint density at radius 2 is 2.00 bits per heavy atom. The highest BCUT2D eigenvalue weighted by molar-refractivity contribution is 5.94. The fourth-order valence-corrected chi connectivity index (χ4v) is 4.34. The number of rotatable bonds is 6. The van der Waals surface area contributed by atoms with Gasteiger partial charge in [0.25, 0.3) is 11.5 Å². The minimum Gasteiger partial charge on any atom is -0.349 e. The molecule has 0 saturated carbocycles. The minimum atomic E-state index is -0.226. The van der Waals surface area contributed by atoms with Gasteiger partial charge in [-0.3, -0.25) is 14.5 Å². The van der Waals surface area contributed by atoms with Crippen molar-refractivity contribution in [3.05, 3.63) is 46.4 Å². The van der Waals surface area contributed by atoms with E-state index in [1.807, 2.05) is 24.3 Å². The number of aromatic nitrogens is 3. The van der Waals surface area contributed by atoms with Crippen LogP contribution in [0.2, 0.25) is 0 Å². The molecule has 0 radical (unpaired) electrons. The van der Waals surface area contributed by atoms with Gasteiger partial charge in [0.2, 0.25) is 0 Å². The van der Waals surface area contributed by atoms with E-state index < -0.39 is 0 Å². The van der Waals surface area contributed by atoms with Crippen LogP contribution in [0.25, 0.3) is 16.6 Å². The van der Waals surface area contributed by atoms with E-state index in [1.54, 1.807) is 15.1 Å². The lowest BCUT2D eigenvalue weighted by atomic mass is 10.2. The van der Waals surface area contributed by atoms with Crippen LogP contribution in [0.15, 0.2) is 35.1 Å². The van der Waals surface area contributed by atoms with Crippen LogP contribution in [0.1, 0.15) is 44.1 Å². The van der Waals surface area contributed by atoms with E-state index >= 15 is 0 Å². The van der Waals surface area contributed by atoms with Gasteiger partial charge < -0.3 is 9.88 Å². The molecule has 7 nitrogen and oxygen atoms in total. The highest BCUT2D eigenvalue weighted by Crippen LogP contribution is 2.17. The van der Waals surface area contributed by atoms with Gasteiger partial charge in [0.1, 0.15) is 5.52 Å². The standard InChI is InChI=1S/C22H29N5O2/c1-4-25-11-7-8-16(25)13-23-21(28)17-12-20-22(29)26(14-15(2)3)18-9-5-6-10-19(18)27(20)24-17/h5-6,9-10,12,15-16H,4,7-8,11,13-14H2,1-3H3,(H,23,28)/t16-/m1/s1. The Balaban J connectivity index is 1.68. The molecule has 154 valence electrons. The Labute approximate surface area is 170 Å². The summed E-state index contributed by atoms with van der Waals surface area (Å²) in [4.78, 5) is 28.3. The normalized spacial score (nSPS) is 17.6. The topological polar surface area (TPSA) is 71.6 Å². The molecule has 1 atom stereocenters. The summed E-state index contributed by atoms with van der Waals surface area (Å²) in [5.41, 5.74) is 2.27. The Morgan fingerprint density at radius 1 is 1.24 bits per heavy atom. The maximum absolute atomic E-state index is 13.1. The number of likely N-dealkylation sites (tertiary alicyclic amines) is 1. The lowest BCUT2D eigenvalue weighted by Crippen LogP contribution is -2.40. The summed E-state index contributed by atoms with van der Waals surface area (Å²) >= 11 is 0. The van der Waals surface area contributed by atoms with Crippen LogP contribution in [0.4, 0.5) is 0 Å². The summed E-state index contributed by atoms with van der Waals surface area (Å²) in [6, 6.07) is 9.71. The highest BCUT2D eigenvalue weighted by atomic mass is 16.2. The molecule has 3 aromatic rings. The highest BCUT2D eigenvalue weighted by Gasteiger charge is 2.24. The Kier molecular flexibility index (Phi) is 5.41. The van der Waals surface area contributed by atoms with E-state index in [2.05, 4.69) is 36.1 Å². The van der Waals surface area contributed by atoms with Crippen molar-refractivity contribution in [3.63, 3.8) is 0 Å². The molecule has 1 aliphatic heterocycles. The molecule has 1 N–H and O–H groups in total. The largest absolute Gasteiger partial charge is 0.349 e. The first kappa shape index (κ1) is 19.6. The lowest BCUT2D eigenvalue weighted by Gasteiger charge is -2.22. The second-order valence-corrected chi connectivity index (χ2v) is 8.26. The molecule has 1 amide bonds. The Bertz CT molecular complexity index is 1100. The molecule has 1 fully saturated rings. The first-order valence-corrected chi connectivity index (χ1v) is 10.5. The van der Waals surface area contributed by atoms with Gasteiger partial charge in [-0.05, 0) is 44.0 Å². The monoisotopic (exact) mass is 395 g/mol. The third kappa shape index (κ3) is 3.67. The molecule has 1 aliphatic rings. The van der Waals surface area contributed by atoms with Crippen molar-refractivity contribution in [2.24, 2.45) is 5.92 Å². The molecular weight excluding hydrogens is 366 g/mol. The SMILES string of the molecule is CCN1CCC[C@@H]1CNC(=O)c1cc2c(=O)n(CC(C)C)c3ccccc3n2n1. The van der Waals surface area contributed by atoms with Gasteiger partial charge in [-0.2, -0.15) is 5.10 Å². The maximum atomic E-state index is 13.1. The van der Waals surface area contributed by atoms with Crippen molar-refractivity contribution in [1.82, 2.24) is 24.4 Å². The number of hydrogen-bond donors (Lipinski definition) is 1. The number of para-hydroxylation sites is 2. The van der Waals surface area contributed by atoms with E-state index in [4.69, 9.17) is 0 Å². The van der Waals surface area contributed by atoms with E-state index in [9.17, 15) is 9.59 Å². The van der Waals surface area contributed by atoms with Crippen molar-refractivity contribution in [2.75, 3.05) is 19.6 Å². The average Bonchev–Trinajstić information content (AvgIpc) is 3.36.